The predicted octanol–water partition coefficient (Wildman–Crippen LogP) is 2.90. The fourth-order valence-electron chi connectivity index (χ4n) is 3.45. The molecule has 0 spiro atoms. The van der Waals surface area contributed by atoms with Crippen LogP contribution in [-0.2, 0) is 4.74 Å². The third-order valence-corrected chi connectivity index (χ3v) is 4.84. The van der Waals surface area contributed by atoms with E-state index in [1.165, 1.54) is 25.7 Å². The molecule has 1 aliphatic carbocycles. The molecule has 0 N–H and O–H groups in total. The van der Waals surface area contributed by atoms with Gasteiger partial charge in [-0.3, -0.25) is 9.38 Å². The summed E-state index contributed by atoms with van der Waals surface area (Å²) < 4.78 is 8.51. The second-order valence-corrected chi connectivity index (χ2v) is 6.60. The van der Waals surface area contributed by atoms with E-state index in [9.17, 15) is 0 Å². The van der Waals surface area contributed by atoms with E-state index in [1.807, 2.05) is 24.8 Å². The first-order valence-electron chi connectivity index (χ1n) is 8.52. The molecule has 118 valence electrons. The molecule has 0 amide bonds. The first-order valence-corrected chi connectivity index (χ1v) is 8.52. The summed E-state index contributed by atoms with van der Waals surface area (Å²) >= 11 is 0. The van der Waals surface area contributed by atoms with Gasteiger partial charge in [0.2, 0.25) is 0 Å². The van der Waals surface area contributed by atoms with Crippen molar-refractivity contribution in [2.45, 2.75) is 51.2 Å². The van der Waals surface area contributed by atoms with Gasteiger partial charge in [0, 0.05) is 25.5 Å². The quantitative estimate of drug-likeness (QED) is 0.851. The Bertz CT molecular complexity index is 636. The van der Waals surface area contributed by atoms with E-state index in [-0.39, 0.29) is 0 Å². The maximum absolute atomic E-state index is 6.37. The topological polar surface area (TPSA) is 42.7 Å². The number of hydrogen-bond acceptors (Lipinski definition) is 4. The van der Waals surface area contributed by atoms with E-state index in [2.05, 4.69) is 26.2 Å². The standard InChI is InChI=1S/C17H24N4O/c1-2-3-4-14-11-20(12-15(22-14)13-5-6-13)17-10-18-9-16-19-7-8-21(16)17/h7-10,13-15H,2-6,11-12H2,1H3/t14-,15-/m1/s1. The summed E-state index contributed by atoms with van der Waals surface area (Å²) in [5.74, 6) is 1.91. The van der Waals surface area contributed by atoms with E-state index in [0.717, 1.165) is 36.9 Å². The number of aromatic nitrogens is 3. The Balaban J connectivity index is 1.59. The number of anilines is 1. The zero-order valence-corrected chi connectivity index (χ0v) is 13.2. The number of ether oxygens (including phenoxy) is 1. The van der Waals surface area contributed by atoms with Gasteiger partial charge in [-0.2, -0.15) is 0 Å². The summed E-state index contributed by atoms with van der Waals surface area (Å²) in [6, 6.07) is 0. The van der Waals surface area contributed by atoms with Crippen LogP contribution >= 0.6 is 0 Å². The summed E-state index contributed by atoms with van der Waals surface area (Å²) in [6.07, 6.45) is 14.6. The maximum atomic E-state index is 6.37. The minimum absolute atomic E-state index is 0.345. The first kappa shape index (κ1) is 14.0. The van der Waals surface area contributed by atoms with Gasteiger partial charge in [-0.15, -0.1) is 0 Å². The normalized spacial score (nSPS) is 25.8. The highest BCUT2D eigenvalue weighted by atomic mass is 16.5. The number of rotatable bonds is 5. The Morgan fingerprint density at radius 2 is 2.18 bits per heavy atom. The van der Waals surface area contributed by atoms with Crippen molar-refractivity contribution in [2.75, 3.05) is 18.0 Å². The Morgan fingerprint density at radius 3 is 3.00 bits per heavy atom. The lowest BCUT2D eigenvalue weighted by Gasteiger charge is -2.39. The fraction of sp³-hybridized carbons (Fsp3) is 0.647. The molecule has 0 aromatic carbocycles. The number of imidazole rings is 1. The molecule has 2 fully saturated rings. The maximum Gasteiger partial charge on any atom is 0.156 e. The van der Waals surface area contributed by atoms with E-state index in [0.29, 0.717) is 12.2 Å². The molecule has 4 rings (SSSR count). The lowest BCUT2D eigenvalue weighted by Crippen LogP contribution is -2.49. The van der Waals surface area contributed by atoms with Gasteiger partial charge < -0.3 is 9.64 Å². The van der Waals surface area contributed by atoms with Crippen LogP contribution in [0.2, 0.25) is 0 Å². The smallest absolute Gasteiger partial charge is 0.156 e. The van der Waals surface area contributed by atoms with Crippen molar-refractivity contribution in [3.8, 4) is 0 Å². The second-order valence-electron chi connectivity index (χ2n) is 6.60. The van der Waals surface area contributed by atoms with Gasteiger partial charge >= 0.3 is 0 Å². The van der Waals surface area contributed by atoms with Gasteiger partial charge in [0.1, 0.15) is 5.82 Å². The van der Waals surface area contributed by atoms with Crippen molar-refractivity contribution in [3.05, 3.63) is 24.8 Å². The van der Waals surface area contributed by atoms with Crippen LogP contribution in [0.3, 0.4) is 0 Å². The molecule has 1 aliphatic heterocycles. The van der Waals surface area contributed by atoms with Gasteiger partial charge in [-0.1, -0.05) is 19.8 Å². The largest absolute Gasteiger partial charge is 0.371 e. The van der Waals surface area contributed by atoms with Crippen molar-refractivity contribution < 1.29 is 4.74 Å². The van der Waals surface area contributed by atoms with Gasteiger partial charge in [0.25, 0.3) is 0 Å². The van der Waals surface area contributed by atoms with Crippen LogP contribution in [0.15, 0.2) is 24.8 Å². The molecule has 2 aromatic heterocycles. The molecule has 1 saturated heterocycles. The Morgan fingerprint density at radius 1 is 1.27 bits per heavy atom. The molecule has 2 aromatic rings. The first-order chi connectivity index (χ1) is 10.8. The van der Waals surface area contributed by atoms with Crippen molar-refractivity contribution in [3.63, 3.8) is 0 Å². The monoisotopic (exact) mass is 300 g/mol. The van der Waals surface area contributed by atoms with Crippen molar-refractivity contribution in [1.82, 2.24) is 14.4 Å². The number of morpholine rings is 1. The van der Waals surface area contributed by atoms with E-state index in [4.69, 9.17) is 4.74 Å². The van der Waals surface area contributed by atoms with E-state index in [1.54, 1.807) is 0 Å². The summed E-state index contributed by atoms with van der Waals surface area (Å²) in [5, 5.41) is 0. The molecule has 5 heteroatoms. The number of hydrogen-bond donors (Lipinski definition) is 0. The van der Waals surface area contributed by atoms with E-state index < -0.39 is 0 Å². The van der Waals surface area contributed by atoms with Crippen LogP contribution in [0.5, 0.6) is 0 Å². The van der Waals surface area contributed by atoms with Crippen LogP contribution < -0.4 is 4.90 Å². The average molecular weight is 300 g/mol. The molecule has 0 bridgehead atoms. The third-order valence-electron chi connectivity index (χ3n) is 4.84. The Labute approximate surface area is 131 Å². The van der Waals surface area contributed by atoms with Crippen LogP contribution in [0, 0.1) is 5.92 Å². The molecule has 22 heavy (non-hydrogen) atoms. The van der Waals surface area contributed by atoms with Gasteiger partial charge in [0.05, 0.1) is 24.6 Å². The summed E-state index contributed by atoms with van der Waals surface area (Å²) in [7, 11) is 0. The predicted molar refractivity (Wildman–Crippen MR) is 86.1 cm³/mol. The highest BCUT2D eigenvalue weighted by Crippen LogP contribution is 2.38. The average Bonchev–Trinajstić information content (AvgIpc) is 3.29. The zero-order valence-electron chi connectivity index (χ0n) is 13.2. The molecule has 0 radical (unpaired) electrons. The number of unbranched alkanes of at least 4 members (excludes halogenated alkanes) is 1. The van der Waals surface area contributed by atoms with Gasteiger partial charge in [-0.05, 0) is 25.2 Å². The number of fused-ring (bicyclic) bond motifs is 1. The highest BCUT2D eigenvalue weighted by Gasteiger charge is 2.38. The third kappa shape index (κ3) is 2.70. The Kier molecular flexibility index (Phi) is 3.74. The molecule has 2 atom stereocenters. The minimum atomic E-state index is 0.345. The van der Waals surface area contributed by atoms with Crippen LogP contribution in [0.4, 0.5) is 5.82 Å². The van der Waals surface area contributed by atoms with Crippen molar-refractivity contribution >= 4 is 11.5 Å². The zero-order chi connectivity index (χ0) is 14.9. The molecular weight excluding hydrogens is 276 g/mol. The van der Waals surface area contributed by atoms with Crippen LogP contribution in [0.1, 0.15) is 39.0 Å². The summed E-state index contributed by atoms with van der Waals surface area (Å²) in [4.78, 5) is 11.2. The fourth-order valence-corrected chi connectivity index (χ4v) is 3.45. The molecule has 0 unspecified atom stereocenters. The van der Waals surface area contributed by atoms with Crippen LogP contribution in [0.25, 0.3) is 5.65 Å². The second kappa shape index (κ2) is 5.88. The SMILES string of the molecule is CCCC[C@@H]1CN(c2cncc3nccn23)C[C@H](C2CC2)O1. The molecular formula is C17H24N4O. The number of nitrogens with zero attached hydrogens (tertiary/aromatic N) is 4. The van der Waals surface area contributed by atoms with Crippen molar-refractivity contribution in [2.24, 2.45) is 5.92 Å². The molecule has 2 aliphatic rings. The molecule has 3 heterocycles. The lowest BCUT2D eigenvalue weighted by atomic mass is 10.1. The lowest BCUT2D eigenvalue weighted by molar-refractivity contribution is -0.0412. The van der Waals surface area contributed by atoms with Crippen molar-refractivity contribution in [1.29, 1.82) is 0 Å². The Hall–Kier alpha value is -1.62. The van der Waals surface area contributed by atoms with Crippen LogP contribution in [-0.4, -0.2) is 39.7 Å². The summed E-state index contributed by atoms with van der Waals surface area (Å²) in [5.41, 5.74) is 0.914. The molecule has 5 nitrogen and oxygen atoms in total. The summed E-state index contributed by atoms with van der Waals surface area (Å²) in [6.45, 7) is 4.18. The minimum Gasteiger partial charge on any atom is -0.371 e. The van der Waals surface area contributed by atoms with Gasteiger partial charge in [-0.25, -0.2) is 4.98 Å². The highest BCUT2D eigenvalue weighted by molar-refractivity contribution is 5.49. The van der Waals surface area contributed by atoms with Gasteiger partial charge in [0.15, 0.2) is 5.65 Å². The molecule has 1 saturated carbocycles. The van der Waals surface area contributed by atoms with E-state index >= 15 is 0 Å².